The summed E-state index contributed by atoms with van der Waals surface area (Å²) in [6.45, 7) is 20.6. The summed E-state index contributed by atoms with van der Waals surface area (Å²) in [6, 6.07) is 0. The van der Waals surface area contributed by atoms with Crippen LogP contribution in [-0.2, 0) is 19.0 Å². The summed E-state index contributed by atoms with van der Waals surface area (Å²) >= 11 is 10.5. The van der Waals surface area contributed by atoms with E-state index in [-0.39, 0.29) is 18.7 Å². The third-order valence-corrected chi connectivity index (χ3v) is 3.97. The lowest BCUT2D eigenvalue weighted by molar-refractivity contribution is -0.155. The second-order valence-electron chi connectivity index (χ2n) is 9.14. The highest BCUT2D eigenvalue weighted by atomic mass is 35.5. The van der Waals surface area contributed by atoms with Crippen LogP contribution >= 0.6 is 23.2 Å². The number of esters is 1. The van der Waals surface area contributed by atoms with Crippen LogP contribution in [-0.4, -0.2) is 77.9 Å². The van der Waals surface area contributed by atoms with Crippen molar-refractivity contribution in [1.29, 1.82) is 0 Å². The first-order valence-electron chi connectivity index (χ1n) is 10.5. The molecule has 1 aliphatic heterocycles. The van der Waals surface area contributed by atoms with E-state index in [9.17, 15) is 9.59 Å². The lowest BCUT2D eigenvalue weighted by Crippen LogP contribution is -2.38. The number of nitrogens with zero attached hydrogens (tertiary/aromatic N) is 1. The first-order valence-corrected chi connectivity index (χ1v) is 11.6. The average Bonchev–Trinajstić information content (AvgIpc) is 2.88. The van der Waals surface area contributed by atoms with Crippen molar-refractivity contribution in [3.05, 3.63) is 24.3 Å². The quantitative estimate of drug-likeness (QED) is 0.329. The van der Waals surface area contributed by atoms with Gasteiger partial charge in [-0.15, -0.1) is 23.2 Å². The molecule has 9 heteroatoms. The number of halogens is 2. The maximum Gasteiger partial charge on any atom is 0.410 e. The largest absolute Gasteiger partial charge is 0.460 e. The molecule has 1 heterocycles. The Labute approximate surface area is 203 Å². The Morgan fingerprint density at radius 2 is 1.62 bits per heavy atom. The van der Waals surface area contributed by atoms with Crippen molar-refractivity contribution >= 4 is 35.3 Å². The minimum absolute atomic E-state index is 0.0409. The molecule has 0 atom stereocenters. The Hall–Kier alpha value is -1.28. The van der Waals surface area contributed by atoms with Gasteiger partial charge in [0.1, 0.15) is 11.2 Å². The highest BCUT2D eigenvalue weighted by molar-refractivity contribution is 6.23. The summed E-state index contributed by atoms with van der Waals surface area (Å²) < 4.78 is 15.5. The summed E-state index contributed by atoms with van der Waals surface area (Å²) in [7, 11) is 0. The Kier molecular flexibility index (Phi) is 17.7. The zero-order chi connectivity index (χ0) is 25.4. The van der Waals surface area contributed by atoms with Crippen LogP contribution in [0, 0.1) is 0 Å². The number of aliphatic hydroxyl groups is 1. The van der Waals surface area contributed by atoms with Gasteiger partial charge in [-0.05, 0) is 59.1 Å². The van der Waals surface area contributed by atoms with E-state index in [1.165, 1.54) is 0 Å². The Bertz CT molecular complexity index is 576. The minimum Gasteiger partial charge on any atom is -0.460 e. The van der Waals surface area contributed by atoms with Gasteiger partial charge < -0.3 is 24.2 Å². The molecule has 0 aliphatic carbocycles. The van der Waals surface area contributed by atoms with Gasteiger partial charge in [-0.1, -0.05) is 13.2 Å². The normalized spacial score (nSPS) is 14.2. The molecule has 0 unspecified atom stereocenters. The van der Waals surface area contributed by atoms with E-state index >= 15 is 0 Å². The topological polar surface area (TPSA) is 85.3 Å². The Balaban J connectivity index is 0. The number of carbonyl (C=O) groups excluding carboxylic acids is 2. The lowest BCUT2D eigenvalue weighted by Gasteiger charge is -2.26. The van der Waals surface area contributed by atoms with Crippen molar-refractivity contribution < 1.29 is 28.9 Å². The summed E-state index contributed by atoms with van der Waals surface area (Å²) in [5, 5.41) is 8.41. The number of ether oxygens (including phenoxy) is 3. The monoisotopic (exact) mass is 497 g/mol. The van der Waals surface area contributed by atoms with Crippen LogP contribution in [0.15, 0.2) is 24.3 Å². The molecule has 0 aromatic rings. The first kappa shape index (κ1) is 32.9. The number of aliphatic hydroxyl groups excluding tert-OH is 1. The van der Waals surface area contributed by atoms with Gasteiger partial charge in [0.25, 0.3) is 0 Å². The van der Waals surface area contributed by atoms with E-state index in [0.29, 0.717) is 50.9 Å². The van der Waals surface area contributed by atoms with Crippen molar-refractivity contribution in [3.8, 4) is 0 Å². The van der Waals surface area contributed by atoms with E-state index < -0.39 is 11.2 Å². The van der Waals surface area contributed by atoms with Crippen LogP contribution in [0.25, 0.3) is 0 Å². The zero-order valence-corrected chi connectivity index (χ0v) is 22.0. The fourth-order valence-electron chi connectivity index (χ4n) is 1.92. The molecule has 1 saturated heterocycles. The number of allylic oxidation sites excluding steroid dienone is 1. The van der Waals surface area contributed by atoms with Crippen LogP contribution in [0.3, 0.4) is 0 Å². The number of hydrogen-bond donors (Lipinski definition) is 1. The molecule has 0 aromatic carbocycles. The standard InChI is InChI=1S/C11H19NO3.C8H16O3.C4H6Cl2/c1-9-7-12(5-6-14-8-9)10(13)15-11(2,3)4;1-8(2,3)11-7(10)5-4-6-9;1-4(2-5)3-6/h1,5-8H2,2-4H3;9H,4-6H2,1-3H3;1-3H2. The van der Waals surface area contributed by atoms with Gasteiger partial charge in [-0.2, -0.15) is 0 Å². The van der Waals surface area contributed by atoms with E-state index in [4.69, 9.17) is 42.5 Å². The maximum atomic E-state index is 11.7. The van der Waals surface area contributed by atoms with Crippen molar-refractivity contribution in [1.82, 2.24) is 4.90 Å². The molecule has 0 radical (unpaired) electrons. The Morgan fingerprint density at radius 3 is 2.03 bits per heavy atom. The minimum atomic E-state index is -0.453. The van der Waals surface area contributed by atoms with Gasteiger partial charge in [-0.3, -0.25) is 4.79 Å². The summed E-state index contributed by atoms with van der Waals surface area (Å²) in [4.78, 5) is 24.2. The van der Waals surface area contributed by atoms with Gasteiger partial charge in [0.2, 0.25) is 0 Å². The van der Waals surface area contributed by atoms with Gasteiger partial charge >= 0.3 is 12.1 Å². The highest BCUT2D eigenvalue weighted by Crippen LogP contribution is 2.12. The second-order valence-corrected chi connectivity index (χ2v) is 9.67. The molecule has 1 fully saturated rings. The molecule has 188 valence electrons. The molecular weight excluding hydrogens is 457 g/mol. The van der Waals surface area contributed by atoms with Crippen LogP contribution < -0.4 is 0 Å². The molecule has 1 amide bonds. The van der Waals surface area contributed by atoms with Crippen LogP contribution in [0.1, 0.15) is 54.4 Å². The lowest BCUT2D eigenvalue weighted by atomic mass is 10.2. The van der Waals surface area contributed by atoms with Crippen LogP contribution in [0.4, 0.5) is 4.79 Å². The summed E-state index contributed by atoms with van der Waals surface area (Å²) in [5.74, 6) is 0.707. The van der Waals surface area contributed by atoms with Gasteiger partial charge in [0, 0.05) is 37.9 Å². The van der Waals surface area contributed by atoms with E-state index in [1.54, 1.807) is 4.90 Å². The van der Waals surface area contributed by atoms with Crippen molar-refractivity contribution in [2.24, 2.45) is 0 Å². The molecule has 1 aliphatic rings. The molecule has 0 aromatic heterocycles. The maximum absolute atomic E-state index is 11.7. The molecule has 0 spiro atoms. The smallest absolute Gasteiger partial charge is 0.410 e. The number of alkyl halides is 2. The summed E-state index contributed by atoms with van der Waals surface area (Å²) in [5.41, 5.74) is 0.912. The number of rotatable bonds is 5. The van der Waals surface area contributed by atoms with Gasteiger partial charge in [0.05, 0.1) is 13.2 Å². The van der Waals surface area contributed by atoms with Crippen LogP contribution in [0.2, 0.25) is 0 Å². The SMILES string of the molecule is C=C(CCl)CCl.C=C1COCCN(C(=O)OC(C)(C)C)C1.CC(C)(C)OC(=O)CCCO. The molecule has 0 bridgehead atoms. The summed E-state index contributed by atoms with van der Waals surface area (Å²) in [6.07, 6.45) is 0.483. The average molecular weight is 498 g/mol. The fraction of sp³-hybridized carbons (Fsp3) is 0.739. The molecule has 0 saturated carbocycles. The molecule has 32 heavy (non-hydrogen) atoms. The predicted octanol–water partition coefficient (Wildman–Crippen LogP) is 4.93. The van der Waals surface area contributed by atoms with Crippen molar-refractivity contribution in [2.45, 2.75) is 65.6 Å². The number of hydrogen-bond acceptors (Lipinski definition) is 6. The number of amides is 1. The van der Waals surface area contributed by atoms with E-state index in [2.05, 4.69) is 13.2 Å². The van der Waals surface area contributed by atoms with Crippen molar-refractivity contribution in [2.75, 3.05) is 44.7 Å². The Morgan fingerprint density at radius 1 is 1.09 bits per heavy atom. The number of carbonyl (C=O) groups is 2. The molecular formula is C23H41Cl2NO6. The molecule has 7 nitrogen and oxygen atoms in total. The zero-order valence-electron chi connectivity index (χ0n) is 20.5. The first-order chi connectivity index (χ1) is 14.6. The van der Waals surface area contributed by atoms with E-state index in [1.807, 2.05) is 41.5 Å². The highest BCUT2D eigenvalue weighted by Gasteiger charge is 2.23. The molecule has 1 rings (SSSR count). The fourth-order valence-corrected chi connectivity index (χ4v) is 2.21. The third-order valence-electron chi connectivity index (χ3n) is 3.21. The van der Waals surface area contributed by atoms with Gasteiger partial charge in [-0.25, -0.2) is 4.79 Å². The molecule has 1 N–H and O–H groups in total. The third kappa shape index (κ3) is 21.9. The van der Waals surface area contributed by atoms with E-state index in [0.717, 1.165) is 11.1 Å². The van der Waals surface area contributed by atoms with Crippen molar-refractivity contribution in [3.63, 3.8) is 0 Å². The predicted molar refractivity (Wildman–Crippen MR) is 131 cm³/mol. The van der Waals surface area contributed by atoms with Gasteiger partial charge in [0.15, 0.2) is 0 Å². The second kappa shape index (κ2) is 17.2. The van der Waals surface area contributed by atoms with Crippen LogP contribution in [0.5, 0.6) is 0 Å².